The minimum atomic E-state index is -4.20. The molecule has 0 aromatic heterocycles. The van der Waals surface area contributed by atoms with Crippen molar-refractivity contribution < 1.29 is 37.6 Å². The first-order chi connectivity index (χ1) is 7.91. The van der Waals surface area contributed by atoms with Crippen LogP contribution < -0.4 is 0 Å². The largest absolute Gasteiger partial charge is 0.472 e. The molecule has 0 fully saturated rings. The highest BCUT2D eigenvalue weighted by Crippen LogP contribution is 2.44. The zero-order valence-electron chi connectivity index (χ0n) is 9.48. The topological polar surface area (TPSA) is 108 Å². The summed E-state index contributed by atoms with van der Waals surface area (Å²) in [6.07, 6.45) is -1.46. The van der Waals surface area contributed by atoms with E-state index < -0.39 is 26.6 Å². The Morgan fingerprint density at radius 1 is 1.24 bits per heavy atom. The quantitative estimate of drug-likeness (QED) is 0.444. The summed E-state index contributed by atoms with van der Waals surface area (Å²) >= 11 is 0. The molecule has 0 rings (SSSR count). The third-order valence-corrected chi connectivity index (χ3v) is 2.53. The first-order valence-electron chi connectivity index (χ1n) is 4.71. The number of phosphoric ester groups is 1. The van der Waals surface area contributed by atoms with E-state index in [2.05, 4.69) is 18.5 Å². The normalized spacial score (nSPS) is 16.0. The van der Waals surface area contributed by atoms with E-state index in [-0.39, 0.29) is 19.6 Å². The van der Waals surface area contributed by atoms with Gasteiger partial charge in [-0.1, -0.05) is 0 Å². The van der Waals surface area contributed by atoms with Crippen LogP contribution in [0.1, 0.15) is 13.8 Å². The van der Waals surface area contributed by atoms with Gasteiger partial charge in [-0.25, -0.2) is 4.57 Å². The van der Waals surface area contributed by atoms with Crippen LogP contribution in [0.4, 0.5) is 0 Å². The van der Waals surface area contributed by atoms with Crippen LogP contribution in [0.25, 0.3) is 0 Å². The Hall–Kier alpha value is -0.950. The van der Waals surface area contributed by atoms with E-state index in [0.29, 0.717) is 0 Å². The minimum Gasteiger partial charge on any atom is -0.464 e. The van der Waals surface area contributed by atoms with Gasteiger partial charge in [0.05, 0.1) is 12.7 Å². The maximum absolute atomic E-state index is 11.3. The molecule has 0 saturated carbocycles. The summed E-state index contributed by atoms with van der Waals surface area (Å²) in [4.78, 5) is 29.2. The molecule has 0 saturated heterocycles. The number of carbonyl (C=O) groups excluding carboxylic acids is 2. The number of hydrogen-bond acceptors (Lipinski definition) is 7. The fourth-order valence-electron chi connectivity index (χ4n) is 0.826. The average molecular weight is 270 g/mol. The van der Waals surface area contributed by atoms with Crippen molar-refractivity contribution >= 4 is 20.8 Å². The lowest BCUT2D eigenvalue weighted by molar-refractivity contribution is -0.144. The van der Waals surface area contributed by atoms with Crippen LogP contribution in [-0.4, -0.2) is 43.3 Å². The highest BCUT2D eigenvalue weighted by atomic mass is 31.2. The predicted octanol–water partition coefficient (Wildman–Crippen LogP) is 0.243. The molecule has 1 N–H and O–H groups in total. The number of ether oxygens (including phenoxy) is 2. The van der Waals surface area contributed by atoms with Crippen LogP contribution in [0.3, 0.4) is 0 Å². The van der Waals surface area contributed by atoms with Crippen LogP contribution in [0.5, 0.6) is 0 Å². The second kappa shape index (κ2) is 8.19. The monoisotopic (exact) mass is 270 g/mol. The van der Waals surface area contributed by atoms with Gasteiger partial charge in [0.25, 0.3) is 12.9 Å². The minimum absolute atomic E-state index is 0.119. The zero-order valence-corrected chi connectivity index (χ0v) is 10.4. The maximum atomic E-state index is 11.3. The summed E-state index contributed by atoms with van der Waals surface area (Å²) in [6.45, 7) is 2.69. The van der Waals surface area contributed by atoms with Gasteiger partial charge in [-0.15, -0.1) is 0 Å². The molecule has 8 nitrogen and oxygen atoms in total. The molecule has 9 heteroatoms. The lowest BCUT2D eigenvalue weighted by Gasteiger charge is -2.18. The molecule has 0 aliphatic heterocycles. The zero-order chi connectivity index (χ0) is 13.3. The lowest BCUT2D eigenvalue weighted by Crippen LogP contribution is -2.25. The van der Waals surface area contributed by atoms with E-state index in [1.54, 1.807) is 13.8 Å². The molecule has 0 aliphatic carbocycles. The van der Waals surface area contributed by atoms with E-state index in [1.165, 1.54) is 0 Å². The molecule has 17 heavy (non-hydrogen) atoms. The Labute approximate surface area is 98.4 Å². The van der Waals surface area contributed by atoms with Crippen molar-refractivity contribution in [1.82, 2.24) is 0 Å². The smallest absolute Gasteiger partial charge is 0.464 e. The van der Waals surface area contributed by atoms with Crippen LogP contribution >= 0.6 is 7.82 Å². The van der Waals surface area contributed by atoms with Crippen LogP contribution in [0.2, 0.25) is 0 Å². The van der Waals surface area contributed by atoms with Gasteiger partial charge >= 0.3 is 7.82 Å². The standard InChI is InChI=1S/C8H15O8P/c1-7(2)16-17(11,12)15-4-8(14-6-10)3-13-5-9/h5-8H,3-4H2,1-2H3,(H,11,12). The maximum Gasteiger partial charge on any atom is 0.472 e. The summed E-state index contributed by atoms with van der Waals surface area (Å²) in [5.41, 5.74) is 0. The average Bonchev–Trinajstić information content (AvgIpc) is 2.20. The molecule has 2 atom stereocenters. The van der Waals surface area contributed by atoms with Gasteiger partial charge in [0.15, 0.2) is 6.10 Å². The van der Waals surface area contributed by atoms with Crippen LogP contribution in [-0.2, 0) is 32.7 Å². The number of phosphoric acid groups is 1. The van der Waals surface area contributed by atoms with Crippen LogP contribution in [0.15, 0.2) is 0 Å². The summed E-state index contributed by atoms with van der Waals surface area (Å²) in [5, 5.41) is 0. The number of carbonyl (C=O) groups is 2. The highest BCUT2D eigenvalue weighted by Gasteiger charge is 2.25. The van der Waals surface area contributed by atoms with Gasteiger partial charge in [0.1, 0.15) is 6.61 Å². The predicted molar refractivity (Wildman–Crippen MR) is 55.0 cm³/mol. The van der Waals surface area contributed by atoms with E-state index in [0.717, 1.165) is 0 Å². The molecular formula is C8H15O8P. The number of rotatable bonds is 10. The Kier molecular flexibility index (Phi) is 7.73. The third kappa shape index (κ3) is 8.82. The van der Waals surface area contributed by atoms with Crippen molar-refractivity contribution in [1.29, 1.82) is 0 Å². The van der Waals surface area contributed by atoms with E-state index in [1.807, 2.05) is 0 Å². The Morgan fingerprint density at radius 2 is 1.88 bits per heavy atom. The number of hydrogen-bond donors (Lipinski definition) is 1. The highest BCUT2D eigenvalue weighted by molar-refractivity contribution is 7.47. The second-order valence-electron chi connectivity index (χ2n) is 3.20. The third-order valence-electron chi connectivity index (χ3n) is 1.37. The van der Waals surface area contributed by atoms with Crippen molar-refractivity contribution in [3.05, 3.63) is 0 Å². The molecule has 0 aliphatic rings. The first kappa shape index (κ1) is 16.1. The summed E-state index contributed by atoms with van der Waals surface area (Å²) in [5.74, 6) is 0. The van der Waals surface area contributed by atoms with Gasteiger partial charge in [0.2, 0.25) is 0 Å². The van der Waals surface area contributed by atoms with Gasteiger partial charge in [-0.05, 0) is 13.8 Å². The summed E-state index contributed by atoms with van der Waals surface area (Å²) in [6, 6.07) is 0. The summed E-state index contributed by atoms with van der Waals surface area (Å²) < 4.78 is 29.2. The molecule has 0 spiro atoms. The second-order valence-corrected chi connectivity index (χ2v) is 4.61. The molecule has 100 valence electrons. The SMILES string of the molecule is CC(C)OP(=O)(O)OCC(COC=O)OC=O. The van der Waals surface area contributed by atoms with Gasteiger partial charge in [-0.3, -0.25) is 18.6 Å². The van der Waals surface area contributed by atoms with Crippen molar-refractivity contribution in [2.45, 2.75) is 26.1 Å². The lowest BCUT2D eigenvalue weighted by atomic mass is 10.4. The Bertz CT molecular complexity index is 279. The molecule has 0 aromatic carbocycles. The van der Waals surface area contributed by atoms with Crippen molar-refractivity contribution in [3.8, 4) is 0 Å². The van der Waals surface area contributed by atoms with Crippen LogP contribution in [0, 0.1) is 0 Å². The van der Waals surface area contributed by atoms with Gasteiger partial charge in [-0.2, -0.15) is 0 Å². The molecule has 0 amide bonds. The molecule has 2 unspecified atom stereocenters. The molecule has 0 heterocycles. The van der Waals surface area contributed by atoms with Crippen molar-refractivity contribution in [3.63, 3.8) is 0 Å². The Morgan fingerprint density at radius 3 is 2.35 bits per heavy atom. The molecule has 0 radical (unpaired) electrons. The van der Waals surface area contributed by atoms with E-state index in [9.17, 15) is 19.0 Å². The Balaban J connectivity index is 4.13. The molecule has 0 aromatic rings. The van der Waals surface area contributed by atoms with E-state index in [4.69, 9.17) is 0 Å². The van der Waals surface area contributed by atoms with E-state index >= 15 is 0 Å². The fourth-order valence-corrected chi connectivity index (χ4v) is 1.77. The molecular weight excluding hydrogens is 255 g/mol. The molecule has 0 bridgehead atoms. The summed E-state index contributed by atoms with van der Waals surface area (Å²) in [7, 11) is -4.20. The van der Waals surface area contributed by atoms with Crippen molar-refractivity contribution in [2.24, 2.45) is 0 Å². The van der Waals surface area contributed by atoms with Gasteiger partial charge < -0.3 is 14.4 Å². The van der Waals surface area contributed by atoms with Gasteiger partial charge in [0, 0.05) is 0 Å². The fraction of sp³-hybridized carbons (Fsp3) is 0.750. The first-order valence-corrected chi connectivity index (χ1v) is 6.21. The van der Waals surface area contributed by atoms with Crippen molar-refractivity contribution in [2.75, 3.05) is 13.2 Å².